The summed E-state index contributed by atoms with van der Waals surface area (Å²) in [5.74, 6) is -1.87. The standard InChI is InChI=1S/C18H13FN2O3/c1-2-9-20-16(22)11-3-8-14-15(10-11)18(24)21(17(14)23)13-6-4-12(19)5-7-13/h2-8,10H,1,9H2,(H,20,22). The van der Waals surface area contributed by atoms with Gasteiger partial charge in [0.05, 0.1) is 16.8 Å². The fourth-order valence-corrected chi connectivity index (χ4v) is 2.47. The number of rotatable bonds is 4. The number of anilines is 1. The lowest BCUT2D eigenvalue weighted by molar-refractivity contribution is 0.0924. The topological polar surface area (TPSA) is 66.5 Å². The Kier molecular flexibility index (Phi) is 3.95. The Labute approximate surface area is 137 Å². The molecular formula is C18H13FN2O3. The smallest absolute Gasteiger partial charge is 0.266 e. The minimum atomic E-state index is -0.542. The molecule has 0 saturated carbocycles. The van der Waals surface area contributed by atoms with Gasteiger partial charge < -0.3 is 5.32 Å². The first-order valence-electron chi connectivity index (χ1n) is 7.20. The summed E-state index contributed by atoms with van der Waals surface area (Å²) >= 11 is 0. The molecule has 2 aromatic rings. The maximum atomic E-state index is 13.0. The molecule has 3 rings (SSSR count). The van der Waals surface area contributed by atoms with Gasteiger partial charge in [-0.25, -0.2) is 9.29 Å². The number of nitrogens with zero attached hydrogens (tertiary/aromatic N) is 1. The Morgan fingerprint density at radius 2 is 1.75 bits per heavy atom. The SMILES string of the molecule is C=CCNC(=O)c1ccc2c(c1)C(=O)N(c1ccc(F)cc1)C2=O. The molecule has 0 bridgehead atoms. The monoisotopic (exact) mass is 324 g/mol. The fraction of sp³-hybridized carbons (Fsp3) is 0.0556. The average Bonchev–Trinajstić information content (AvgIpc) is 2.84. The molecule has 1 N–H and O–H groups in total. The number of hydrogen-bond acceptors (Lipinski definition) is 3. The van der Waals surface area contributed by atoms with Crippen LogP contribution in [-0.4, -0.2) is 24.3 Å². The maximum Gasteiger partial charge on any atom is 0.266 e. The van der Waals surface area contributed by atoms with Crippen molar-refractivity contribution < 1.29 is 18.8 Å². The first-order chi connectivity index (χ1) is 11.5. The minimum Gasteiger partial charge on any atom is -0.349 e. The van der Waals surface area contributed by atoms with Crippen LogP contribution in [-0.2, 0) is 0 Å². The number of imide groups is 1. The van der Waals surface area contributed by atoms with Gasteiger partial charge in [0.2, 0.25) is 0 Å². The molecule has 2 aromatic carbocycles. The van der Waals surface area contributed by atoms with E-state index >= 15 is 0 Å². The maximum absolute atomic E-state index is 13.0. The molecule has 0 atom stereocenters. The summed E-state index contributed by atoms with van der Waals surface area (Å²) in [5, 5.41) is 2.61. The second kappa shape index (κ2) is 6.08. The molecule has 0 fully saturated rings. The molecule has 0 aromatic heterocycles. The number of carbonyl (C=O) groups is 3. The molecule has 24 heavy (non-hydrogen) atoms. The lowest BCUT2D eigenvalue weighted by Gasteiger charge is -2.13. The van der Waals surface area contributed by atoms with Crippen molar-refractivity contribution in [2.45, 2.75) is 0 Å². The first kappa shape index (κ1) is 15.6. The zero-order chi connectivity index (χ0) is 17.3. The Morgan fingerprint density at radius 1 is 1.08 bits per heavy atom. The number of nitrogens with one attached hydrogen (secondary N) is 1. The molecule has 3 amide bonds. The molecule has 6 heteroatoms. The van der Waals surface area contributed by atoms with Crippen LogP contribution in [0.1, 0.15) is 31.1 Å². The molecule has 5 nitrogen and oxygen atoms in total. The van der Waals surface area contributed by atoms with Gasteiger partial charge in [-0.2, -0.15) is 0 Å². The van der Waals surface area contributed by atoms with Crippen LogP contribution in [0.5, 0.6) is 0 Å². The third-order valence-corrected chi connectivity index (χ3v) is 3.64. The van der Waals surface area contributed by atoms with Gasteiger partial charge in [-0.1, -0.05) is 6.08 Å². The van der Waals surface area contributed by atoms with Crippen LogP contribution in [0.4, 0.5) is 10.1 Å². The van der Waals surface area contributed by atoms with Crippen molar-refractivity contribution in [1.82, 2.24) is 5.32 Å². The molecule has 1 aliphatic rings. The van der Waals surface area contributed by atoms with Crippen molar-refractivity contribution in [2.75, 3.05) is 11.4 Å². The predicted molar refractivity (Wildman–Crippen MR) is 86.5 cm³/mol. The van der Waals surface area contributed by atoms with Crippen LogP contribution < -0.4 is 10.2 Å². The van der Waals surface area contributed by atoms with Crippen molar-refractivity contribution in [3.8, 4) is 0 Å². The Bertz CT molecular complexity index is 859. The van der Waals surface area contributed by atoms with Crippen LogP contribution in [0.15, 0.2) is 55.1 Å². The molecule has 0 aliphatic carbocycles. The van der Waals surface area contributed by atoms with Crippen LogP contribution in [0.3, 0.4) is 0 Å². The van der Waals surface area contributed by atoms with Gasteiger partial charge in [0.25, 0.3) is 17.7 Å². The van der Waals surface area contributed by atoms with E-state index in [2.05, 4.69) is 11.9 Å². The number of benzene rings is 2. The van der Waals surface area contributed by atoms with E-state index in [-0.39, 0.29) is 28.3 Å². The van der Waals surface area contributed by atoms with E-state index in [1.54, 1.807) is 0 Å². The molecule has 0 saturated heterocycles. The van der Waals surface area contributed by atoms with Gasteiger partial charge in [0, 0.05) is 12.1 Å². The lowest BCUT2D eigenvalue weighted by Crippen LogP contribution is -2.29. The summed E-state index contributed by atoms with van der Waals surface area (Å²) in [4.78, 5) is 37.9. The molecule has 0 spiro atoms. The molecule has 120 valence electrons. The normalized spacial score (nSPS) is 13.0. The summed E-state index contributed by atoms with van der Waals surface area (Å²) in [6.45, 7) is 3.81. The highest BCUT2D eigenvalue weighted by Gasteiger charge is 2.37. The van der Waals surface area contributed by atoms with Crippen molar-refractivity contribution in [1.29, 1.82) is 0 Å². The van der Waals surface area contributed by atoms with Crippen LogP contribution in [0.2, 0.25) is 0 Å². The number of carbonyl (C=O) groups excluding carboxylic acids is 3. The van der Waals surface area contributed by atoms with Crippen LogP contribution >= 0.6 is 0 Å². The number of hydrogen-bond donors (Lipinski definition) is 1. The molecule has 1 aliphatic heterocycles. The highest BCUT2D eigenvalue weighted by molar-refractivity contribution is 6.34. The van der Waals surface area contributed by atoms with Crippen molar-refractivity contribution in [2.24, 2.45) is 0 Å². The van der Waals surface area contributed by atoms with Crippen LogP contribution in [0, 0.1) is 5.82 Å². The summed E-state index contributed by atoms with van der Waals surface area (Å²) < 4.78 is 13.0. The quantitative estimate of drug-likeness (QED) is 0.694. The average molecular weight is 324 g/mol. The molecule has 1 heterocycles. The zero-order valence-corrected chi connectivity index (χ0v) is 12.6. The number of amides is 3. The van der Waals surface area contributed by atoms with E-state index in [1.165, 1.54) is 48.5 Å². The molecule has 0 unspecified atom stereocenters. The fourth-order valence-electron chi connectivity index (χ4n) is 2.47. The van der Waals surface area contributed by atoms with Gasteiger partial charge >= 0.3 is 0 Å². The van der Waals surface area contributed by atoms with Gasteiger partial charge in [-0.3, -0.25) is 14.4 Å². The summed E-state index contributed by atoms with van der Waals surface area (Å²) in [6, 6.07) is 9.37. The second-order valence-electron chi connectivity index (χ2n) is 5.18. The number of fused-ring (bicyclic) bond motifs is 1. The highest BCUT2D eigenvalue weighted by atomic mass is 19.1. The second-order valence-corrected chi connectivity index (χ2v) is 5.18. The molecule has 0 radical (unpaired) electrons. The number of halogens is 1. The third kappa shape index (κ3) is 2.58. The third-order valence-electron chi connectivity index (χ3n) is 3.64. The molecular weight excluding hydrogens is 311 g/mol. The highest BCUT2D eigenvalue weighted by Crippen LogP contribution is 2.29. The van der Waals surface area contributed by atoms with E-state index in [1.807, 2.05) is 0 Å². The summed E-state index contributed by atoms with van der Waals surface area (Å²) in [6.07, 6.45) is 1.54. The Balaban J connectivity index is 1.95. The van der Waals surface area contributed by atoms with E-state index in [0.29, 0.717) is 6.54 Å². The van der Waals surface area contributed by atoms with Crippen molar-refractivity contribution >= 4 is 23.4 Å². The largest absolute Gasteiger partial charge is 0.349 e. The van der Waals surface area contributed by atoms with Crippen LogP contribution in [0.25, 0.3) is 0 Å². The summed E-state index contributed by atoms with van der Waals surface area (Å²) in [7, 11) is 0. The van der Waals surface area contributed by atoms with Crippen molar-refractivity contribution in [3.63, 3.8) is 0 Å². The van der Waals surface area contributed by atoms with E-state index in [9.17, 15) is 18.8 Å². The first-order valence-corrected chi connectivity index (χ1v) is 7.20. The summed E-state index contributed by atoms with van der Waals surface area (Å²) in [5.41, 5.74) is 0.915. The Morgan fingerprint density at radius 3 is 2.42 bits per heavy atom. The van der Waals surface area contributed by atoms with Crippen molar-refractivity contribution in [3.05, 3.63) is 77.6 Å². The zero-order valence-electron chi connectivity index (χ0n) is 12.6. The van der Waals surface area contributed by atoms with Gasteiger partial charge in [0.1, 0.15) is 5.82 Å². The Hall–Kier alpha value is -3.28. The van der Waals surface area contributed by atoms with E-state index in [0.717, 1.165) is 4.90 Å². The lowest BCUT2D eigenvalue weighted by atomic mass is 10.1. The van der Waals surface area contributed by atoms with E-state index < -0.39 is 17.6 Å². The van der Waals surface area contributed by atoms with Gasteiger partial charge in [-0.05, 0) is 42.5 Å². The predicted octanol–water partition coefficient (Wildman–Crippen LogP) is 2.54. The minimum absolute atomic E-state index is 0.149. The van der Waals surface area contributed by atoms with Gasteiger partial charge in [-0.15, -0.1) is 6.58 Å². The van der Waals surface area contributed by atoms with E-state index in [4.69, 9.17) is 0 Å². The van der Waals surface area contributed by atoms with Gasteiger partial charge in [0.15, 0.2) is 0 Å².